The number of carbonyl (C=O) groups excluding carboxylic acids is 1. The van der Waals surface area contributed by atoms with Crippen LogP contribution in [0.15, 0.2) is 0 Å². The molecule has 110 valence electrons. The molecule has 1 aliphatic carbocycles. The second-order valence-corrected chi connectivity index (χ2v) is 7.27. The fraction of sp³-hybridized carbons (Fsp3) is 0.941. The number of ketones is 1. The quantitative estimate of drug-likeness (QED) is 0.837. The van der Waals surface area contributed by atoms with Crippen molar-refractivity contribution in [2.45, 2.75) is 65.7 Å². The number of nitrogens with one attached hydrogen (secondary N) is 1. The summed E-state index contributed by atoms with van der Waals surface area (Å²) in [6.07, 6.45) is 8.58. The highest BCUT2D eigenvalue weighted by atomic mass is 16.1. The maximum Gasteiger partial charge on any atom is 0.141 e. The second-order valence-electron chi connectivity index (χ2n) is 7.27. The van der Waals surface area contributed by atoms with Crippen molar-refractivity contribution in [1.82, 2.24) is 5.32 Å². The summed E-state index contributed by atoms with van der Waals surface area (Å²) < 4.78 is 0. The zero-order chi connectivity index (χ0) is 13.9. The standard InChI is InChI=1S/C17H31NO/c1-4-13-7-5-8-14(11-13)16(19)17(2,3)15-9-6-10-18-12-15/h13-15,18H,4-12H2,1-3H3. The molecule has 19 heavy (non-hydrogen) atoms. The fourth-order valence-corrected chi connectivity index (χ4v) is 4.10. The summed E-state index contributed by atoms with van der Waals surface area (Å²) in [5.41, 5.74) is -0.131. The van der Waals surface area contributed by atoms with E-state index in [1.165, 1.54) is 32.1 Å². The van der Waals surface area contributed by atoms with Crippen molar-refractivity contribution in [2.75, 3.05) is 13.1 Å². The van der Waals surface area contributed by atoms with Crippen LogP contribution >= 0.6 is 0 Å². The monoisotopic (exact) mass is 265 g/mol. The van der Waals surface area contributed by atoms with E-state index in [0.717, 1.165) is 31.8 Å². The van der Waals surface area contributed by atoms with Gasteiger partial charge in [0.05, 0.1) is 0 Å². The van der Waals surface area contributed by atoms with Gasteiger partial charge >= 0.3 is 0 Å². The summed E-state index contributed by atoms with van der Waals surface area (Å²) in [4.78, 5) is 13.0. The van der Waals surface area contributed by atoms with E-state index in [2.05, 4.69) is 26.1 Å². The topological polar surface area (TPSA) is 29.1 Å². The minimum Gasteiger partial charge on any atom is -0.316 e. The van der Waals surface area contributed by atoms with Crippen LogP contribution in [0.5, 0.6) is 0 Å². The van der Waals surface area contributed by atoms with Crippen molar-refractivity contribution in [2.24, 2.45) is 23.2 Å². The number of carbonyl (C=O) groups is 1. The molecule has 3 unspecified atom stereocenters. The summed E-state index contributed by atoms with van der Waals surface area (Å²) in [6, 6.07) is 0. The van der Waals surface area contributed by atoms with E-state index in [9.17, 15) is 4.79 Å². The lowest BCUT2D eigenvalue weighted by atomic mass is 9.65. The number of Topliss-reactive ketones (excluding diaryl/α,β-unsaturated/α-hetero) is 1. The van der Waals surface area contributed by atoms with Gasteiger partial charge in [0.2, 0.25) is 0 Å². The molecule has 0 spiro atoms. The van der Waals surface area contributed by atoms with Gasteiger partial charge in [-0.05, 0) is 50.6 Å². The third kappa shape index (κ3) is 3.39. The van der Waals surface area contributed by atoms with Gasteiger partial charge in [-0.15, -0.1) is 0 Å². The van der Waals surface area contributed by atoms with E-state index < -0.39 is 0 Å². The Hall–Kier alpha value is -0.370. The zero-order valence-electron chi connectivity index (χ0n) is 13.0. The lowest BCUT2D eigenvalue weighted by Gasteiger charge is -2.40. The molecule has 1 N–H and O–H groups in total. The molecule has 1 aliphatic heterocycles. The van der Waals surface area contributed by atoms with Crippen LogP contribution in [0.3, 0.4) is 0 Å². The maximum absolute atomic E-state index is 13.0. The van der Waals surface area contributed by atoms with E-state index in [4.69, 9.17) is 0 Å². The van der Waals surface area contributed by atoms with Gasteiger partial charge in [-0.3, -0.25) is 4.79 Å². The molecule has 1 saturated heterocycles. The summed E-state index contributed by atoms with van der Waals surface area (Å²) in [5, 5.41) is 3.47. The van der Waals surface area contributed by atoms with Crippen LogP contribution in [0.4, 0.5) is 0 Å². The highest BCUT2D eigenvalue weighted by molar-refractivity contribution is 5.86. The summed E-state index contributed by atoms with van der Waals surface area (Å²) in [5.74, 6) is 2.23. The number of hydrogen-bond donors (Lipinski definition) is 1. The number of piperidine rings is 1. The maximum atomic E-state index is 13.0. The largest absolute Gasteiger partial charge is 0.316 e. The van der Waals surface area contributed by atoms with E-state index in [1.807, 2.05) is 0 Å². The Morgan fingerprint density at radius 3 is 2.63 bits per heavy atom. The summed E-state index contributed by atoms with van der Waals surface area (Å²) in [6.45, 7) is 8.82. The van der Waals surface area contributed by atoms with Crippen LogP contribution in [-0.4, -0.2) is 18.9 Å². The normalized spacial score (nSPS) is 33.1. The highest BCUT2D eigenvalue weighted by Crippen LogP contribution is 2.40. The first-order valence-electron chi connectivity index (χ1n) is 8.30. The van der Waals surface area contributed by atoms with Crippen LogP contribution in [0.1, 0.15) is 65.7 Å². The van der Waals surface area contributed by atoms with Crippen LogP contribution in [0.2, 0.25) is 0 Å². The Kier molecular flexibility index (Phi) is 5.05. The van der Waals surface area contributed by atoms with Crippen molar-refractivity contribution < 1.29 is 4.79 Å². The predicted molar refractivity (Wildman–Crippen MR) is 80.1 cm³/mol. The van der Waals surface area contributed by atoms with Crippen LogP contribution in [0.25, 0.3) is 0 Å². The molecule has 2 nitrogen and oxygen atoms in total. The Balaban J connectivity index is 2.00. The van der Waals surface area contributed by atoms with Crippen molar-refractivity contribution in [3.63, 3.8) is 0 Å². The molecule has 0 aromatic carbocycles. The summed E-state index contributed by atoms with van der Waals surface area (Å²) in [7, 11) is 0. The minimum atomic E-state index is -0.131. The molecule has 2 fully saturated rings. The van der Waals surface area contributed by atoms with Gasteiger partial charge in [-0.25, -0.2) is 0 Å². The molecular formula is C17H31NO. The molecule has 0 radical (unpaired) electrons. The SMILES string of the molecule is CCC1CCCC(C(=O)C(C)(C)C2CCCNC2)C1. The molecule has 2 heteroatoms. The molecule has 0 bridgehead atoms. The lowest BCUT2D eigenvalue weighted by molar-refractivity contribution is -0.136. The molecule has 0 aromatic heterocycles. The Morgan fingerprint density at radius 2 is 2.00 bits per heavy atom. The third-order valence-corrected chi connectivity index (χ3v) is 5.68. The number of rotatable bonds is 4. The van der Waals surface area contributed by atoms with Crippen LogP contribution in [-0.2, 0) is 4.79 Å². The van der Waals surface area contributed by atoms with Crippen LogP contribution in [0, 0.1) is 23.2 Å². The molecule has 3 atom stereocenters. The van der Waals surface area contributed by atoms with Gasteiger partial charge < -0.3 is 5.32 Å². The molecule has 1 heterocycles. The van der Waals surface area contributed by atoms with Crippen molar-refractivity contribution in [3.8, 4) is 0 Å². The number of hydrogen-bond acceptors (Lipinski definition) is 2. The fourth-order valence-electron chi connectivity index (χ4n) is 4.10. The van der Waals surface area contributed by atoms with Gasteiger partial charge in [-0.1, -0.05) is 40.0 Å². The van der Waals surface area contributed by atoms with Gasteiger partial charge in [0.15, 0.2) is 0 Å². The van der Waals surface area contributed by atoms with Gasteiger partial charge in [0, 0.05) is 11.3 Å². The van der Waals surface area contributed by atoms with Crippen molar-refractivity contribution >= 4 is 5.78 Å². The van der Waals surface area contributed by atoms with Gasteiger partial charge in [0.25, 0.3) is 0 Å². The predicted octanol–water partition coefficient (Wildman–Crippen LogP) is 3.80. The second kappa shape index (κ2) is 6.39. The van der Waals surface area contributed by atoms with Crippen molar-refractivity contribution in [1.29, 1.82) is 0 Å². The van der Waals surface area contributed by atoms with E-state index in [1.54, 1.807) is 0 Å². The zero-order valence-corrected chi connectivity index (χ0v) is 13.0. The molecule has 2 aliphatic rings. The third-order valence-electron chi connectivity index (χ3n) is 5.68. The first kappa shape index (κ1) is 15.0. The molecular weight excluding hydrogens is 234 g/mol. The first-order valence-corrected chi connectivity index (χ1v) is 8.30. The Labute approximate surface area is 118 Å². The van der Waals surface area contributed by atoms with Crippen LogP contribution < -0.4 is 5.32 Å². The first-order chi connectivity index (χ1) is 9.05. The molecule has 0 aromatic rings. The summed E-state index contributed by atoms with van der Waals surface area (Å²) >= 11 is 0. The van der Waals surface area contributed by atoms with Gasteiger partial charge in [0.1, 0.15) is 5.78 Å². The van der Waals surface area contributed by atoms with Gasteiger partial charge in [-0.2, -0.15) is 0 Å². The average Bonchev–Trinajstić information content (AvgIpc) is 2.47. The lowest BCUT2D eigenvalue weighted by Crippen LogP contribution is -2.45. The Morgan fingerprint density at radius 1 is 1.21 bits per heavy atom. The molecule has 2 rings (SSSR count). The van der Waals surface area contributed by atoms with E-state index in [0.29, 0.717) is 17.6 Å². The highest BCUT2D eigenvalue weighted by Gasteiger charge is 2.41. The average molecular weight is 265 g/mol. The van der Waals surface area contributed by atoms with E-state index in [-0.39, 0.29) is 5.41 Å². The smallest absolute Gasteiger partial charge is 0.141 e. The molecule has 0 amide bonds. The Bertz CT molecular complexity index is 304. The van der Waals surface area contributed by atoms with Crippen molar-refractivity contribution in [3.05, 3.63) is 0 Å². The molecule has 1 saturated carbocycles. The van der Waals surface area contributed by atoms with E-state index >= 15 is 0 Å². The minimum absolute atomic E-state index is 0.131.